The van der Waals surface area contributed by atoms with Crippen LogP contribution in [0.1, 0.15) is 24.3 Å². The average Bonchev–Trinajstić information content (AvgIpc) is 3.43. The maximum atomic E-state index is 10.9. The van der Waals surface area contributed by atoms with E-state index in [1.807, 2.05) is 35.2 Å². The van der Waals surface area contributed by atoms with Gasteiger partial charge in [-0.1, -0.05) is 12.1 Å². The van der Waals surface area contributed by atoms with Crippen LogP contribution in [0.25, 0.3) is 16.7 Å². The molecule has 1 aliphatic heterocycles. The molecule has 1 aliphatic rings. The number of carbonyl (C=O) groups is 1. The van der Waals surface area contributed by atoms with Crippen LogP contribution in [0.3, 0.4) is 0 Å². The zero-order valence-electron chi connectivity index (χ0n) is 16.0. The molecule has 0 saturated carbocycles. The van der Waals surface area contributed by atoms with E-state index in [0.29, 0.717) is 12.3 Å². The first-order valence-corrected chi connectivity index (χ1v) is 9.84. The Kier molecular flexibility index (Phi) is 4.48. The summed E-state index contributed by atoms with van der Waals surface area (Å²) in [5.74, 6) is 2.18. The molecule has 1 fully saturated rings. The van der Waals surface area contributed by atoms with Crippen LogP contribution in [0, 0.1) is 0 Å². The third-order valence-electron chi connectivity index (χ3n) is 5.63. The predicted molar refractivity (Wildman–Crippen MR) is 114 cm³/mol. The monoisotopic (exact) mass is 386 g/mol. The molecule has 1 atom stereocenters. The van der Waals surface area contributed by atoms with Gasteiger partial charge in [0.2, 0.25) is 6.41 Å². The standard InChI is InChI=1S/C22H22N6O/c29-15-26-20-7-3-11-28(20)18-6-1-4-16(12-18)17-5-2-10-27(13-17)22-19-8-9-23-21(19)24-14-25-22/h1,3-4,6-9,11-12,14-15,17H,2,5,10,13H2,(H,26,29)(H,23,24,25). The molecular weight excluding hydrogens is 364 g/mol. The Morgan fingerprint density at radius 2 is 2.14 bits per heavy atom. The van der Waals surface area contributed by atoms with E-state index in [1.54, 1.807) is 6.33 Å². The second-order valence-electron chi connectivity index (χ2n) is 7.34. The number of fused-ring (bicyclic) bond motifs is 1. The van der Waals surface area contributed by atoms with Gasteiger partial charge in [-0.3, -0.25) is 4.79 Å². The number of carbonyl (C=O) groups excluding carboxylic acids is 1. The van der Waals surface area contributed by atoms with Crippen molar-refractivity contribution >= 4 is 29.1 Å². The van der Waals surface area contributed by atoms with Gasteiger partial charge in [0, 0.05) is 37.1 Å². The Balaban J connectivity index is 1.43. The molecule has 0 spiro atoms. The molecule has 7 heteroatoms. The summed E-state index contributed by atoms with van der Waals surface area (Å²) in [5.41, 5.74) is 3.23. The number of anilines is 2. The van der Waals surface area contributed by atoms with E-state index in [4.69, 9.17) is 0 Å². The lowest BCUT2D eigenvalue weighted by Gasteiger charge is -2.34. The van der Waals surface area contributed by atoms with E-state index in [1.165, 1.54) is 5.56 Å². The molecule has 4 heterocycles. The minimum Gasteiger partial charge on any atom is -0.355 e. The number of H-pyrrole nitrogens is 1. The summed E-state index contributed by atoms with van der Waals surface area (Å²) in [6.07, 6.45) is 8.47. The highest BCUT2D eigenvalue weighted by molar-refractivity contribution is 5.87. The second-order valence-corrected chi connectivity index (χ2v) is 7.34. The Bertz CT molecular complexity index is 1150. The van der Waals surface area contributed by atoms with Crippen LogP contribution in [0.2, 0.25) is 0 Å². The molecule has 146 valence electrons. The maximum absolute atomic E-state index is 10.9. The van der Waals surface area contributed by atoms with Crippen molar-refractivity contribution in [2.24, 2.45) is 0 Å². The maximum Gasteiger partial charge on any atom is 0.212 e. The van der Waals surface area contributed by atoms with Crippen molar-refractivity contribution in [3.05, 3.63) is 66.7 Å². The molecule has 0 bridgehead atoms. The molecule has 2 N–H and O–H groups in total. The summed E-state index contributed by atoms with van der Waals surface area (Å²) in [5, 5.41) is 3.82. The zero-order valence-corrected chi connectivity index (χ0v) is 16.0. The quantitative estimate of drug-likeness (QED) is 0.513. The summed E-state index contributed by atoms with van der Waals surface area (Å²) >= 11 is 0. The number of rotatable bonds is 5. The normalized spacial score (nSPS) is 16.8. The van der Waals surface area contributed by atoms with Crippen LogP contribution in [0.4, 0.5) is 11.6 Å². The van der Waals surface area contributed by atoms with E-state index in [2.05, 4.69) is 49.4 Å². The summed E-state index contributed by atoms with van der Waals surface area (Å²) in [6.45, 7) is 1.92. The van der Waals surface area contributed by atoms with Gasteiger partial charge in [0.05, 0.1) is 5.39 Å². The van der Waals surface area contributed by atoms with Crippen molar-refractivity contribution in [3.8, 4) is 5.69 Å². The molecule has 4 aromatic rings. The van der Waals surface area contributed by atoms with Gasteiger partial charge in [-0.05, 0) is 48.7 Å². The first kappa shape index (κ1) is 17.5. The van der Waals surface area contributed by atoms with Crippen LogP contribution < -0.4 is 10.2 Å². The van der Waals surface area contributed by atoms with Crippen LogP contribution in [0.5, 0.6) is 0 Å². The highest BCUT2D eigenvalue weighted by Crippen LogP contribution is 2.32. The minimum atomic E-state index is 0.422. The van der Waals surface area contributed by atoms with Gasteiger partial charge < -0.3 is 19.8 Å². The van der Waals surface area contributed by atoms with Crippen molar-refractivity contribution in [1.82, 2.24) is 19.5 Å². The number of aromatic amines is 1. The van der Waals surface area contributed by atoms with E-state index in [0.717, 1.165) is 54.3 Å². The lowest BCUT2D eigenvalue weighted by atomic mass is 9.90. The highest BCUT2D eigenvalue weighted by atomic mass is 16.1. The molecule has 29 heavy (non-hydrogen) atoms. The summed E-state index contributed by atoms with van der Waals surface area (Å²) in [6, 6.07) is 14.4. The van der Waals surface area contributed by atoms with Gasteiger partial charge in [0.25, 0.3) is 0 Å². The molecule has 0 aliphatic carbocycles. The number of amides is 1. The largest absolute Gasteiger partial charge is 0.355 e. The fourth-order valence-electron chi connectivity index (χ4n) is 4.26. The van der Waals surface area contributed by atoms with Gasteiger partial charge in [0.15, 0.2) is 0 Å². The fourth-order valence-corrected chi connectivity index (χ4v) is 4.26. The topological polar surface area (TPSA) is 78.8 Å². The number of piperidine rings is 1. The summed E-state index contributed by atoms with van der Waals surface area (Å²) < 4.78 is 1.99. The summed E-state index contributed by atoms with van der Waals surface area (Å²) in [7, 11) is 0. The summed E-state index contributed by atoms with van der Waals surface area (Å²) in [4.78, 5) is 25.3. The molecule has 1 amide bonds. The number of aromatic nitrogens is 4. The first-order chi connectivity index (χ1) is 14.3. The number of nitrogens with zero attached hydrogens (tertiary/aromatic N) is 4. The van der Waals surface area contributed by atoms with E-state index >= 15 is 0 Å². The van der Waals surface area contributed by atoms with Gasteiger partial charge in [-0.2, -0.15) is 0 Å². The molecule has 1 saturated heterocycles. The van der Waals surface area contributed by atoms with E-state index in [9.17, 15) is 4.79 Å². The average molecular weight is 386 g/mol. The minimum absolute atomic E-state index is 0.422. The van der Waals surface area contributed by atoms with E-state index in [-0.39, 0.29) is 0 Å². The fraction of sp³-hybridized carbons (Fsp3) is 0.227. The van der Waals surface area contributed by atoms with Crippen molar-refractivity contribution in [3.63, 3.8) is 0 Å². The van der Waals surface area contributed by atoms with Gasteiger partial charge >= 0.3 is 0 Å². The number of benzene rings is 1. The Morgan fingerprint density at radius 1 is 1.17 bits per heavy atom. The highest BCUT2D eigenvalue weighted by Gasteiger charge is 2.24. The zero-order chi connectivity index (χ0) is 19.6. The predicted octanol–water partition coefficient (Wildman–Crippen LogP) is 3.70. The third-order valence-corrected chi connectivity index (χ3v) is 5.63. The van der Waals surface area contributed by atoms with Crippen molar-refractivity contribution in [1.29, 1.82) is 0 Å². The van der Waals surface area contributed by atoms with Crippen LogP contribution in [-0.2, 0) is 4.79 Å². The van der Waals surface area contributed by atoms with Crippen LogP contribution in [-0.4, -0.2) is 39.0 Å². The molecule has 7 nitrogen and oxygen atoms in total. The Hall–Kier alpha value is -3.61. The Labute approximate surface area is 168 Å². The van der Waals surface area contributed by atoms with Crippen LogP contribution in [0.15, 0.2) is 61.2 Å². The van der Waals surface area contributed by atoms with Gasteiger partial charge in [-0.15, -0.1) is 0 Å². The first-order valence-electron chi connectivity index (χ1n) is 9.84. The van der Waals surface area contributed by atoms with Crippen molar-refractivity contribution in [2.45, 2.75) is 18.8 Å². The smallest absolute Gasteiger partial charge is 0.212 e. The number of hydrogen-bond donors (Lipinski definition) is 2. The lowest BCUT2D eigenvalue weighted by Crippen LogP contribution is -2.35. The second kappa shape index (κ2) is 7.43. The van der Waals surface area contributed by atoms with Gasteiger partial charge in [-0.25, -0.2) is 9.97 Å². The van der Waals surface area contributed by atoms with Crippen molar-refractivity contribution in [2.75, 3.05) is 23.3 Å². The molecule has 1 unspecified atom stereocenters. The van der Waals surface area contributed by atoms with E-state index < -0.39 is 0 Å². The third kappa shape index (κ3) is 3.24. The lowest BCUT2D eigenvalue weighted by molar-refractivity contribution is -0.105. The van der Waals surface area contributed by atoms with Crippen molar-refractivity contribution < 1.29 is 4.79 Å². The molecule has 5 rings (SSSR count). The number of hydrogen-bond acceptors (Lipinski definition) is 4. The molecular formula is C22H22N6O. The Morgan fingerprint density at radius 3 is 3.07 bits per heavy atom. The van der Waals surface area contributed by atoms with Crippen LogP contribution >= 0.6 is 0 Å². The molecule has 1 aromatic carbocycles. The molecule has 0 radical (unpaired) electrons. The SMILES string of the molecule is O=CNc1cccn1-c1cccc(C2CCCN(c3ncnc4[nH]ccc34)C2)c1. The number of nitrogens with one attached hydrogen (secondary N) is 2. The molecule has 3 aromatic heterocycles. The van der Waals surface area contributed by atoms with Gasteiger partial charge in [0.1, 0.15) is 23.6 Å².